The molecule has 11 rings (SSSR count). The Hall–Kier alpha value is -6.54. The number of hydrogen-bond acceptors (Lipinski definition) is 6. The van der Waals surface area contributed by atoms with Crippen molar-refractivity contribution in [3.63, 3.8) is 0 Å². The van der Waals surface area contributed by atoms with E-state index < -0.39 is 0 Å². The van der Waals surface area contributed by atoms with E-state index >= 15 is 0 Å². The largest absolute Gasteiger partial charge is 0.456 e. The second-order valence-electron chi connectivity index (χ2n) is 11.7. The van der Waals surface area contributed by atoms with E-state index in [2.05, 4.69) is 95.8 Å². The van der Waals surface area contributed by atoms with E-state index in [4.69, 9.17) is 8.83 Å². The molecule has 0 saturated heterocycles. The molecule has 11 aromatic rings. The van der Waals surface area contributed by atoms with Crippen LogP contribution < -0.4 is 0 Å². The Labute approximate surface area is 258 Å². The van der Waals surface area contributed by atoms with Crippen LogP contribution >= 0.6 is 0 Å². The molecule has 0 bridgehead atoms. The summed E-state index contributed by atoms with van der Waals surface area (Å²) in [6.07, 6.45) is 15.0. The maximum absolute atomic E-state index is 6.38. The van der Waals surface area contributed by atoms with E-state index in [1.807, 2.05) is 55.6 Å². The lowest BCUT2D eigenvalue weighted by Crippen LogP contribution is -1.93. The first-order valence-electron chi connectivity index (χ1n) is 15.0. The Morgan fingerprint density at radius 1 is 0.348 bits per heavy atom. The molecule has 0 atom stereocenters. The lowest BCUT2D eigenvalue weighted by molar-refractivity contribution is 0.656. The van der Waals surface area contributed by atoms with E-state index in [0.29, 0.717) is 0 Å². The number of benzene rings is 3. The first-order chi connectivity index (χ1) is 22.8. The minimum absolute atomic E-state index is 0.789. The molecule has 8 heterocycles. The summed E-state index contributed by atoms with van der Waals surface area (Å²) in [7, 11) is 0. The predicted octanol–water partition coefficient (Wildman–Crippen LogP) is 9.26. The Kier molecular flexibility index (Phi) is 4.43. The van der Waals surface area contributed by atoms with Gasteiger partial charge in [-0.05, 0) is 66.7 Å². The third-order valence-corrected chi connectivity index (χ3v) is 9.28. The molecule has 8 heteroatoms. The minimum atomic E-state index is 0.789. The Morgan fingerprint density at radius 2 is 0.717 bits per heavy atom. The van der Waals surface area contributed by atoms with Gasteiger partial charge < -0.3 is 18.0 Å². The molecule has 0 aliphatic carbocycles. The number of rotatable bonds is 2. The van der Waals surface area contributed by atoms with Gasteiger partial charge in [-0.3, -0.25) is 19.9 Å². The highest BCUT2D eigenvalue weighted by atomic mass is 16.3. The van der Waals surface area contributed by atoms with Gasteiger partial charge in [-0.25, -0.2) is 0 Å². The van der Waals surface area contributed by atoms with E-state index in [9.17, 15) is 0 Å². The van der Waals surface area contributed by atoms with Crippen molar-refractivity contribution < 1.29 is 8.83 Å². The van der Waals surface area contributed by atoms with Crippen molar-refractivity contribution in [2.75, 3.05) is 0 Å². The highest BCUT2D eigenvalue weighted by molar-refractivity contribution is 6.16. The van der Waals surface area contributed by atoms with Crippen molar-refractivity contribution in [2.45, 2.75) is 0 Å². The summed E-state index contributed by atoms with van der Waals surface area (Å²) in [6, 6.07) is 25.2. The highest BCUT2D eigenvalue weighted by Crippen LogP contribution is 2.40. The fraction of sp³-hybridized carbons (Fsp3) is 0. The molecule has 0 unspecified atom stereocenters. The Morgan fingerprint density at radius 3 is 1.11 bits per heavy atom. The molecular weight excluding hydrogens is 572 g/mol. The van der Waals surface area contributed by atoms with Crippen LogP contribution in [0.15, 0.2) is 131 Å². The second kappa shape index (κ2) is 8.55. The van der Waals surface area contributed by atoms with Crippen LogP contribution in [0.3, 0.4) is 0 Å². The number of furan rings is 2. The maximum atomic E-state index is 6.38. The third kappa shape index (κ3) is 3.07. The number of fused-ring (bicyclic) bond motifs is 12. The van der Waals surface area contributed by atoms with Crippen LogP contribution in [-0.4, -0.2) is 29.1 Å². The Bertz CT molecular complexity index is 2740. The molecule has 0 aliphatic heterocycles. The first kappa shape index (κ1) is 23.9. The second-order valence-corrected chi connectivity index (χ2v) is 11.7. The quantitative estimate of drug-likeness (QED) is 0.199. The molecule has 3 aromatic carbocycles. The van der Waals surface area contributed by atoms with Crippen LogP contribution in [0.4, 0.5) is 0 Å². The number of nitrogens with zero attached hydrogens (tertiary/aromatic N) is 6. The van der Waals surface area contributed by atoms with Gasteiger partial charge in [-0.15, -0.1) is 0 Å². The lowest BCUT2D eigenvalue weighted by atomic mass is 10.1. The zero-order valence-electron chi connectivity index (χ0n) is 24.0. The summed E-state index contributed by atoms with van der Waals surface area (Å²) < 4.78 is 17.3. The summed E-state index contributed by atoms with van der Waals surface area (Å²) in [4.78, 5) is 17.5. The molecule has 8 aromatic heterocycles. The molecule has 0 saturated carbocycles. The van der Waals surface area contributed by atoms with Crippen molar-refractivity contribution in [3.05, 3.63) is 122 Å². The number of aromatic nitrogens is 6. The van der Waals surface area contributed by atoms with E-state index in [-0.39, 0.29) is 0 Å². The summed E-state index contributed by atoms with van der Waals surface area (Å²) in [6.45, 7) is 0. The van der Waals surface area contributed by atoms with E-state index in [1.54, 1.807) is 0 Å². The first-order valence-corrected chi connectivity index (χ1v) is 15.0. The molecule has 0 radical (unpaired) electrons. The molecule has 0 fully saturated rings. The number of hydrogen-bond donors (Lipinski definition) is 0. The maximum Gasteiger partial charge on any atom is 0.139 e. The smallest absolute Gasteiger partial charge is 0.139 e. The molecule has 0 aliphatic rings. The van der Waals surface area contributed by atoms with Crippen LogP contribution in [0.2, 0.25) is 0 Å². The van der Waals surface area contributed by atoms with E-state index in [1.165, 1.54) is 0 Å². The van der Waals surface area contributed by atoms with Crippen molar-refractivity contribution in [1.29, 1.82) is 0 Å². The molecule has 0 amide bonds. The standard InChI is InChI=1S/C38H20N6O2/c1-3-35-23(13-21(1)43-31-5-9-39-17-27(31)28-18-40-10-6-32(28)43)25-15-26-24-14-22(2-4-36(24)46-38(26)16-37(25)45-35)44-33-7-11-41-19-29(33)30-20-42-12-8-34(30)44/h1-20H. The van der Waals surface area contributed by atoms with Crippen molar-refractivity contribution in [1.82, 2.24) is 29.1 Å². The average molecular weight is 593 g/mol. The molecule has 214 valence electrons. The van der Waals surface area contributed by atoms with Crippen LogP contribution in [0.5, 0.6) is 0 Å². The normalized spacial score (nSPS) is 12.3. The van der Waals surface area contributed by atoms with Gasteiger partial charge in [0.15, 0.2) is 0 Å². The summed E-state index contributed by atoms with van der Waals surface area (Å²) >= 11 is 0. The predicted molar refractivity (Wildman–Crippen MR) is 181 cm³/mol. The Balaban J connectivity index is 1.16. The monoisotopic (exact) mass is 592 g/mol. The van der Waals surface area contributed by atoms with Crippen LogP contribution in [0.25, 0.3) is 98.9 Å². The van der Waals surface area contributed by atoms with Gasteiger partial charge in [0.25, 0.3) is 0 Å². The third-order valence-electron chi connectivity index (χ3n) is 9.28. The topological polar surface area (TPSA) is 87.7 Å². The van der Waals surface area contributed by atoms with Crippen molar-refractivity contribution >= 4 is 87.5 Å². The minimum Gasteiger partial charge on any atom is -0.456 e. The van der Waals surface area contributed by atoms with E-state index in [0.717, 1.165) is 98.9 Å². The SMILES string of the molecule is c1cc2c(cn1)c1cnccc1n2-c1ccc2oc3cc4oc5ccc(-n6c7ccncc7c7cnccc76)cc5c4cc3c2c1. The van der Waals surface area contributed by atoms with Crippen LogP contribution in [-0.2, 0) is 0 Å². The van der Waals surface area contributed by atoms with Crippen molar-refractivity contribution in [3.8, 4) is 11.4 Å². The molecule has 8 nitrogen and oxygen atoms in total. The van der Waals surface area contributed by atoms with Crippen LogP contribution in [0, 0.1) is 0 Å². The fourth-order valence-electron chi connectivity index (χ4n) is 7.28. The van der Waals surface area contributed by atoms with Crippen molar-refractivity contribution in [2.24, 2.45) is 0 Å². The molecule has 0 N–H and O–H groups in total. The van der Waals surface area contributed by atoms with Crippen LogP contribution in [0.1, 0.15) is 0 Å². The van der Waals surface area contributed by atoms with Gasteiger partial charge >= 0.3 is 0 Å². The molecule has 0 spiro atoms. The molecular formula is C38H20N6O2. The van der Waals surface area contributed by atoms with Gasteiger partial charge in [0, 0.05) is 110 Å². The number of pyridine rings is 4. The average Bonchev–Trinajstić information content (AvgIpc) is 3.84. The summed E-state index contributed by atoms with van der Waals surface area (Å²) in [5, 5.41) is 8.44. The summed E-state index contributed by atoms with van der Waals surface area (Å²) in [5.41, 5.74) is 9.64. The van der Waals surface area contributed by atoms with Gasteiger partial charge in [0.2, 0.25) is 0 Å². The fourth-order valence-corrected chi connectivity index (χ4v) is 7.28. The molecule has 46 heavy (non-hydrogen) atoms. The zero-order valence-corrected chi connectivity index (χ0v) is 24.0. The highest BCUT2D eigenvalue weighted by Gasteiger charge is 2.18. The lowest BCUT2D eigenvalue weighted by Gasteiger charge is -2.08. The van der Waals surface area contributed by atoms with Gasteiger partial charge in [0.05, 0.1) is 22.1 Å². The summed E-state index contributed by atoms with van der Waals surface area (Å²) in [5.74, 6) is 0. The zero-order chi connectivity index (χ0) is 29.9. The van der Waals surface area contributed by atoms with Gasteiger partial charge in [-0.2, -0.15) is 0 Å². The van der Waals surface area contributed by atoms with Gasteiger partial charge in [0.1, 0.15) is 22.3 Å². The van der Waals surface area contributed by atoms with Gasteiger partial charge in [-0.1, -0.05) is 0 Å².